The average Bonchev–Trinajstić information content (AvgIpc) is 1.96. The number of aliphatic imine (C=N–C) groups is 1. The minimum atomic E-state index is 0.871. The number of rotatable bonds is 1. The summed E-state index contributed by atoms with van der Waals surface area (Å²) < 4.78 is 0.970. The second-order valence-electron chi connectivity index (χ2n) is 2.62. The first-order valence-corrected chi connectivity index (χ1v) is 4.70. The highest BCUT2D eigenvalue weighted by Crippen LogP contribution is 2.29. The van der Waals surface area contributed by atoms with Crippen LogP contribution >= 0.6 is 28.1 Å². The lowest BCUT2D eigenvalue weighted by atomic mass is 10.1. The van der Waals surface area contributed by atoms with Crippen LogP contribution in [0.3, 0.4) is 0 Å². The van der Waals surface area contributed by atoms with E-state index >= 15 is 0 Å². The van der Waals surface area contributed by atoms with E-state index in [9.17, 15) is 0 Å². The van der Waals surface area contributed by atoms with Crippen molar-refractivity contribution in [3.05, 3.63) is 27.7 Å². The smallest absolute Gasteiger partial charge is 0.0910 e. The molecule has 0 aliphatic carbocycles. The fourth-order valence-corrected chi connectivity index (χ4v) is 1.95. The van der Waals surface area contributed by atoms with Crippen LogP contribution in [0.25, 0.3) is 0 Å². The molecule has 0 radical (unpaired) electrons. The van der Waals surface area contributed by atoms with Crippen molar-refractivity contribution in [2.24, 2.45) is 4.99 Å². The summed E-state index contributed by atoms with van der Waals surface area (Å²) in [6.45, 7) is 4.05. The van der Waals surface area contributed by atoms with E-state index in [0.29, 0.717) is 0 Å². The van der Waals surface area contributed by atoms with E-state index in [1.807, 2.05) is 19.9 Å². The zero-order valence-corrected chi connectivity index (χ0v) is 9.29. The number of aryl methyl sites for hydroxylation is 2. The molecular weight excluding hydrogens is 234 g/mol. The highest BCUT2D eigenvalue weighted by molar-refractivity contribution is 9.10. The van der Waals surface area contributed by atoms with Gasteiger partial charge in [-0.15, -0.1) is 0 Å². The Morgan fingerprint density at radius 3 is 2.58 bits per heavy atom. The molecule has 12 heavy (non-hydrogen) atoms. The molecule has 0 fully saturated rings. The van der Waals surface area contributed by atoms with Gasteiger partial charge in [-0.2, -0.15) is 4.99 Å². The van der Waals surface area contributed by atoms with E-state index < -0.39 is 0 Å². The van der Waals surface area contributed by atoms with Crippen LogP contribution in [0.4, 0.5) is 5.69 Å². The summed E-state index contributed by atoms with van der Waals surface area (Å²) in [7, 11) is 0. The van der Waals surface area contributed by atoms with Gasteiger partial charge in [0, 0.05) is 4.47 Å². The Hall–Kier alpha value is -0.500. The van der Waals surface area contributed by atoms with Gasteiger partial charge in [-0.25, -0.2) is 0 Å². The van der Waals surface area contributed by atoms with Gasteiger partial charge >= 0.3 is 0 Å². The first-order chi connectivity index (χ1) is 5.65. The number of halogens is 1. The number of nitrogens with zero attached hydrogens (tertiary/aromatic N) is 1. The summed E-state index contributed by atoms with van der Waals surface area (Å²) in [4.78, 5) is 3.96. The van der Waals surface area contributed by atoms with Crippen molar-refractivity contribution in [1.29, 1.82) is 0 Å². The Bertz CT molecular complexity index is 331. The topological polar surface area (TPSA) is 12.4 Å². The second kappa shape index (κ2) is 3.94. The maximum atomic E-state index is 4.55. The van der Waals surface area contributed by atoms with Crippen molar-refractivity contribution >= 4 is 39.0 Å². The van der Waals surface area contributed by atoms with Gasteiger partial charge < -0.3 is 0 Å². The lowest BCUT2D eigenvalue weighted by Crippen LogP contribution is -1.79. The molecule has 62 valence electrons. The monoisotopic (exact) mass is 241 g/mol. The van der Waals surface area contributed by atoms with Crippen molar-refractivity contribution in [3.8, 4) is 0 Å². The van der Waals surface area contributed by atoms with E-state index in [1.54, 1.807) is 0 Å². The lowest BCUT2D eigenvalue weighted by Gasteiger charge is -2.02. The number of benzene rings is 1. The third kappa shape index (κ3) is 2.01. The summed E-state index contributed by atoms with van der Waals surface area (Å²) in [6.07, 6.45) is 0. The molecule has 0 saturated heterocycles. The summed E-state index contributed by atoms with van der Waals surface area (Å²) in [5.41, 5.74) is 3.19. The fourth-order valence-electron chi connectivity index (χ4n) is 1.10. The zero-order chi connectivity index (χ0) is 9.14. The normalized spacial score (nSPS) is 9.25. The average molecular weight is 242 g/mol. The lowest BCUT2D eigenvalue weighted by molar-refractivity contribution is 1.33. The van der Waals surface area contributed by atoms with Gasteiger partial charge in [-0.3, -0.25) is 0 Å². The van der Waals surface area contributed by atoms with Gasteiger partial charge in [0.2, 0.25) is 0 Å². The summed E-state index contributed by atoms with van der Waals surface area (Å²) in [5.74, 6) is 0. The van der Waals surface area contributed by atoms with Crippen LogP contribution in [0.5, 0.6) is 0 Å². The number of hydrogen-bond donors (Lipinski definition) is 0. The minimum Gasteiger partial charge on any atom is -0.193 e. The van der Waals surface area contributed by atoms with Crippen LogP contribution in [0.15, 0.2) is 21.6 Å². The molecule has 0 amide bonds. The molecule has 0 saturated carbocycles. The molecule has 0 unspecified atom stereocenters. The van der Waals surface area contributed by atoms with E-state index in [-0.39, 0.29) is 0 Å². The summed E-state index contributed by atoms with van der Waals surface area (Å²) in [5, 5.41) is 2.36. The molecule has 1 rings (SSSR count). The summed E-state index contributed by atoms with van der Waals surface area (Å²) in [6, 6.07) is 4.08. The Morgan fingerprint density at radius 2 is 2.08 bits per heavy atom. The molecule has 0 N–H and O–H groups in total. The van der Waals surface area contributed by atoms with Crippen molar-refractivity contribution < 1.29 is 0 Å². The summed E-state index contributed by atoms with van der Waals surface area (Å²) >= 11 is 7.97. The van der Waals surface area contributed by atoms with Gasteiger partial charge in [0.05, 0.1) is 10.8 Å². The maximum Gasteiger partial charge on any atom is 0.0910 e. The molecule has 0 spiro atoms. The Balaban J connectivity index is 3.37. The molecule has 0 aromatic heterocycles. The van der Waals surface area contributed by atoms with Gasteiger partial charge in [-0.05, 0) is 59.2 Å². The van der Waals surface area contributed by atoms with Crippen molar-refractivity contribution in [1.82, 2.24) is 0 Å². The molecule has 1 aromatic rings. The Labute approximate surface area is 85.6 Å². The predicted octanol–water partition coefficient (Wildman–Crippen LogP) is 3.80. The molecular formula is C9H8BrNS. The van der Waals surface area contributed by atoms with E-state index in [4.69, 9.17) is 0 Å². The first kappa shape index (κ1) is 9.59. The fraction of sp³-hybridized carbons (Fsp3) is 0.222. The highest BCUT2D eigenvalue weighted by atomic mass is 79.9. The van der Waals surface area contributed by atoms with Gasteiger partial charge in [0.25, 0.3) is 0 Å². The van der Waals surface area contributed by atoms with Crippen LogP contribution in [0.1, 0.15) is 11.1 Å². The van der Waals surface area contributed by atoms with Crippen LogP contribution < -0.4 is 0 Å². The van der Waals surface area contributed by atoms with E-state index in [0.717, 1.165) is 15.7 Å². The van der Waals surface area contributed by atoms with Gasteiger partial charge in [-0.1, -0.05) is 6.07 Å². The first-order valence-electron chi connectivity index (χ1n) is 3.50. The largest absolute Gasteiger partial charge is 0.193 e. The zero-order valence-electron chi connectivity index (χ0n) is 6.89. The second-order valence-corrected chi connectivity index (χ2v) is 3.65. The molecule has 0 heterocycles. The Morgan fingerprint density at radius 1 is 1.42 bits per heavy atom. The van der Waals surface area contributed by atoms with Crippen LogP contribution in [0, 0.1) is 13.8 Å². The molecule has 3 heteroatoms. The molecule has 1 aromatic carbocycles. The van der Waals surface area contributed by atoms with Crippen LogP contribution in [-0.2, 0) is 0 Å². The third-order valence-electron chi connectivity index (χ3n) is 1.56. The molecule has 0 aliphatic heterocycles. The number of hydrogen-bond acceptors (Lipinski definition) is 2. The Kier molecular flexibility index (Phi) is 3.15. The standard InChI is InChI=1S/C9H8BrNS/c1-6-3-7(2)9(11-5-12)8(10)4-6/h3-4H,1-2H3. The maximum absolute atomic E-state index is 4.55. The number of isothiocyanates is 1. The molecule has 0 bridgehead atoms. The van der Waals surface area contributed by atoms with Gasteiger partial charge in [0.15, 0.2) is 0 Å². The highest BCUT2D eigenvalue weighted by Gasteiger charge is 2.01. The van der Waals surface area contributed by atoms with Crippen LogP contribution in [0.2, 0.25) is 0 Å². The number of thiocarbonyl (C=S) groups is 1. The van der Waals surface area contributed by atoms with E-state index in [1.165, 1.54) is 5.56 Å². The third-order valence-corrected chi connectivity index (χ3v) is 2.25. The van der Waals surface area contributed by atoms with Crippen LogP contribution in [-0.4, -0.2) is 5.16 Å². The van der Waals surface area contributed by atoms with Crippen molar-refractivity contribution in [2.45, 2.75) is 13.8 Å². The SMILES string of the molecule is Cc1cc(C)c(N=C=S)c(Br)c1. The van der Waals surface area contributed by atoms with E-state index in [2.05, 4.69) is 44.4 Å². The van der Waals surface area contributed by atoms with Crippen molar-refractivity contribution in [3.63, 3.8) is 0 Å². The van der Waals surface area contributed by atoms with Gasteiger partial charge in [0.1, 0.15) is 0 Å². The molecule has 0 atom stereocenters. The predicted molar refractivity (Wildman–Crippen MR) is 58.3 cm³/mol. The quantitative estimate of drug-likeness (QED) is 0.539. The minimum absolute atomic E-state index is 0.871. The molecule has 1 nitrogen and oxygen atoms in total. The molecule has 0 aliphatic rings. The van der Waals surface area contributed by atoms with Crippen molar-refractivity contribution in [2.75, 3.05) is 0 Å².